The third-order valence-corrected chi connectivity index (χ3v) is 4.42. The molecule has 0 aliphatic heterocycles. The highest BCUT2D eigenvalue weighted by Gasteiger charge is 2.33. The molecule has 1 rings (SSSR count). The van der Waals surface area contributed by atoms with Gasteiger partial charge in [0.2, 0.25) is 0 Å². The van der Waals surface area contributed by atoms with Crippen molar-refractivity contribution in [2.75, 3.05) is 13.2 Å². The van der Waals surface area contributed by atoms with E-state index in [4.69, 9.17) is 4.74 Å². The molecule has 0 aliphatic rings. The van der Waals surface area contributed by atoms with Gasteiger partial charge in [0.25, 0.3) is 0 Å². The van der Waals surface area contributed by atoms with E-state index in [-0.39, 0.29) is 5.60 Å². The summed E-state index contributed by atoms with van der Waals surface area (Å²) in [5.41, 5.74) is 4.10. The second-order valence-corrected chi connectivity index (χ2v) is 5.78. The van der Waals surface area contributed by atoms with Gasteiger partial charge in [-0.2, -0.15) is 0 Å². The van der Waals surface area contributed by atoms with Crippen molar-refractivity contribution in [2.45, 2.75) is 66.0 Å². The van der Waals surface area contributed by atoms with Crippen LogP contribution in [0.4, 0.5) is 0 Å². The first kappa shape index (κ1) is 17.2. The van der Waals surface area contributed by atoms with Crippen molar-refractivity contribution in [1.29, 1.82) is 0 Å². The Kier molecular flexibility index (Phi) is 6.70. The predicted molar refractivity (Wildman–Crippen MR) is 87.4 cm³/mol. The zero-order valence-corrected chi connectivity index (χ0v) is 14.0. The second kappa shape index (κ2) is 7.80. The third kappa shape index (κ3) is 4.07. The molecule has 1 aromatic rings. The van der Waals surface area contributed by atoms with Crippen LogP contribution < -0.4 is 5.32 Å². The van der Waals surface area contributed by atoms with Crippen molar-refractivity contribution in [3.63, 3.8) is 0 Å². The molecule has 20 heavy (non-hydrogen) atoms. The lowest BCUT2D eigenvalue weighted by Crippen LogP contribution is -2.51. The van der Waals surface area contributed by atoms with E-state index < -0.39 is 0 Å². The molecular formula is C18H31NO. The molecular weight excluding hydrogens is 246 g/mol. The highest BCUT2D eigenvalue weighted by molar-refractivity contribution is 5.34. The van der Waals surface area contributed by atoms with Gasteiger partial charge in [0.05, 0.1) is 5.60 Å². The Morgan fingerprint density at radius 2 is 1.75 bits per heavy atom. The Morgan fingerprint density at radius 3 is 2.20 bits per heavy atom. The standard InChI is InChI=1S/C18H31NO/c1-7-18(6,20-9-3)17(19-8-2)13-16-14(4)11-10-12-15(16)5/h10-12,17,19H,7-9,13H2,1-6H3. The highest BCUT2D eigenvalue weighted by Crippen LogP contribution is 2.25. The summed E-state index contributed by atoms with van der Waals surface area (Å²) in [5, 5.41) is 3.64. The van der Waals surface area contributed by atoms with Gasteiger partial charge in [-0.05, 0) is 63.8 Å². The maximum absolute atomic E-state index is 6.08. The fourth-order valence-corrected chi connectivity index (χ4v) is 2.90. The van der Waals surface area contributed by atoms with Crippen LogP contribution in [-0.2, 0) is 11.2 Å². The van der Waals surface area contributed by atoms with E-state index in [1.54, 1.807) is 0 Å². The number of ether oxygens (including phenoxy) is 1. The van der Waals surface area contributed by atoms with E-state index in [9.17, 15) is 0 Å². The van der Waals surface area contributed by atoms with Gasteiger partial charge in [-0.3, -0.25) is 0 Å². The summed E-state index contributed by atoms with van der Waals surface area (Å²) >= 11 is 0. The summed E-state index contributed by atoms with van der Waals surface area (Å²) in [6.07, 6.45) is 2.04. The number of likely N-dealkylation sites (N-methyl/N-ethyl adjacent to an activating group) is 1. The van der Waals surface area contributed by atoms with Crippen molar-refractivity contribution >= 4 is 0 Å². The number of hydrogen-bond donors (Lipinski definition) is 1. The van der Waals surface area contributed by atoms with Gasteiger partial charge in [-0.15, -0.1) is 0 Å². The van der Waals surface area contributed by atoms with E-state index >= 15 is 0 Å². The van der Waals surface area contributed by atoms with E-state index in [2.05, 4.69) is 65.1 Å². The van der Waals surface area contributed by atoms with Gasteiger partial charge in [0.15, 0.2) is 0 Å². The Bertz CT molecular complexity index is 396. The van der Waals surface area contributed by atoms with Crippen LogP contribution in [0.15, 0.2) is 18.2 Å². The predicted octanol–water partition coefficient (Wildman–Crippen LogP) is 4.03. The van der Waals surface area contributed by atoms with Crippen LogP contribution in [0.2, 0.25) is 0 Å². The van der Waals surface area contributed by atoms with Crippen molar-refractivity contribution < 1.29 is 4.74 Å². The van der Waals surface area contributed by atoms with Crippen molar-refractivity contribution in [2.24, 2.45) is 0 Å². The van der Waals surface area contributed by atoms with E-state index in [0.29, 0.717) is 6.04 Å². The molecule has 0 bridgehead atoms. The van der Waals surface area contributed by atoms with Crippen LogP contribution in [0.3, 0.4) is 0 Å². The molecule has 0 fully saturated rings. The summed E-state index contributed by atoms with van der Waals surface area (Å²) in [4.78, 5) is 0. The zero-order chi connectivity index (χ0) is 15.2. The minimum atomic E-state index is -0.112. The first-order valence-electron chi connectivity index (χ1n) is 7.90. The summed E-state index contributed by atoms with van der Waals surface area (Å²) in [6, 6.07) is 6.89. The van der Waals surface area contributed by atoms with Crippen LogP contribution in [0.5, 0.6) is 0 Å². The summed E-state index contributed by atoms with van der Waals surface area (Å²) in [6.45, 7) is 14.8. The maximum Gasteiger partial charge on any atom is 0.0807 e. The Morgan fingerprint density at radius 1 is 1.15 bits per heavy atom. The summed E-state index contributed by atoms with van der Waals surface area (Å²) < 4.78 is 6.08. The minimum Gasteiger partial charge on any atom is -0.374 e. The number of rotatable bonds is 8. The van der Waals surface area contributed by atoms with Crippen molar-refractivity contribution in [3.05, 3.63) is 34.9 Å². The van der Waals surface area contributed by atoms with Crippen molar-refractivity contribution in [3.8, 4) is 0 Å². The van der Waals surface area contributed by atoms with Crippen molar-refractivity contribution in [1.82, 2.24) is 5.32 Å². The molecule has 0 saturated carbocycles. The number of benzene rings is 1. The van der Waals surface area contributed by atoms with Crippen LogP contribution >= 0.6 is 0 Å². The topological polar surface area (TPSA) is 21.3 Å². The lowest BCUT2D eigenvalue weighted by atomic mass is 9.85. The number of aryl methyl sites for hydroxylation is 2. The van der Waals surface area contributed by atoms with Crippen LogP contribution in [0, 0.1) is 13.8 Å². The Labute approximate surface area is 124 Å². The molecule has 2 unspecified atom stereocenters. The molecule has 2 atom stereocenters. The molecule has 0 aromatic heterocycles. The zero-order valence-electron chi connectivity index (χ0n) is 14.0. The number of nitrogens with one attached hydrogen (secondary N) is 1. The smallest absolute Gasteiger partial charge is 0.0807 e. The molecule has 0 radical (unpaired) electrons. The Balaban J connectivity index is 3.02. The van der Waals surface area contributed by atoms with Gasteiger partial charge in [0.1, 0.15) is 0 Å². The molecule has 0 spiro atoms. The first-order valence-corrected chi connectivity index (χ1v) is 7.90. The molecule has 0 aliphatic carbocycles. The quantitative estimate of drug-likeness (QED) is 0.774. The second-order valence-electron chi connectivity index (χ2n) is 5.78. The molecule has 2 nitrogen and oxygen atoms in total. The van der Waals surface area contributed by atoms with E-state index in [1.807, 2.05) is 0 Å². The van der Waals surface area contributed by atoms with Crippen LogP contribution in [0.1, 0.15) is 50.8 Å². The fraction of sp³-hybridized carbons (Fsp3) is 0.667. The molecule has 1 aromatic carbocycles. The normalized spacial score (nSPS) is 15.9. The molecule has 114 valence electrons. The fourth-order valence-electron chi connectivity index (χ4n) is 2.90. The van der Waals surface area contributed by atoms with E-state index in [1.165, 1.54) is 16.7 Å². The summed E-state index contributed by atoms with van der Waals surface area (Å²) in [5.74, 6) is 0. The SMILES string of the molecule is CCNC(Cc1c(C)cccc1C)C(C)(CC)OCC. The Hall–Kier alpha value is -0.860. The minimum absolute atomic E-state index is 0.112. The lowest BCUT2D eigenvalue weighted by molar-refractivity contribution is -0.0547. The summed E-state index contributed by atoms with van der Waals surface area (Å²) in [7, 11) is 0. The van der Waals surface area contributed by atoms with Gasteiger partial charge >= 0.3 is 0 Å². The maximum atomic E-state index is 6.08. The van der Waals surface area contributed by atoms with Gasteiger partial charge in [-0.25, -0.2) is 0 Å². The van der Waals surface area contributed by atoms with Gasteiger partial charge in [0, 0.05) is 12.6 Å². The first-order chi connectivity index (χ1) is 9.48. The number of hydrogen-bond acceptors (Lipinski definition) is 2. The molecule has 0 saturated heterocycles. The molecule has 1 N–H and O–H groups in total. The van der Waals surface area contributed by atoms with Crippen LogP contribution in [0.25, 0.3) is 0 Å². The monoisotopic (exact) mass is 277 g/mol. The van der Waals surface area contributed by atoms with E-state index in [0.717, 1.165) is 26.0 Å². The van der Waals surface area contributed by atoms with Crippen LogP contribution in [-0.4, -0.2) is 24.8 Å². The van der Waals surface area contributed by atoms with Gasteiger partial charge in [-0.1, -0.05) is 32.0 Å². The van der Waals surface area contributed by atoms with Gasteiger partial charge < -0.3 is 10.1 Å². The highest BCUT2D eigenvalue weighted by atomic mass is 16.5. The molecule has 0 amide bonds. The average Bonchev–Trinajstić information content (AvgIpc) is 2.42. The largest absolute Gasteiger partial charge is 0.374 e. The third-order valence-electron chi connectivity index (χ3n) is 4.42. The average molecular weight is 277 g/mol. The lowest BCUT2D eigenvalue weighted by Gasteiger charge is -2.38. The molecule has 0 heterocycles. The molecule has 2 heteroatoms.